The third kappa shape index (κ3) is 2.85. The number of likely N-dealkylation sites (tertiary alicyclic amines) is 1. The van der Waals surface area contributed by atoms with Crippen LogP contribution in [0.3, 0.4) is 0 Å². The summed E-state index contributed by atoms with van der Waals surface area (Å²) in [4.78, 5) is 22.0. The number of pyridine rings is 1. The highest BCUT2D eigenvalue weighted by atomic mass is 16.2. The van der Waals surface area contributed by atoms with E-state index in [4.69, 9.17) is 0 Å². The molecule has 2 fully saturated rings. The van der Waals surface area contributed by atoms with Gasteiger partial charge in [0.1, 0.15) is 0 Å². The number of para-hydroxylation sites is 1. The van der Waals surface area contributed by atoms with Crippen molar-refractivity contribution < 1.29 is 4.79 Å². The van der Waals surface area contributed by atoms with Crippen LogP contribution in [0.25, 0.3) is 10.9 Å². The summed E-state index contributed by atoms with van der Waals surface area (Å²) in [5, 5.41) is 1.07. The Kier molecular flexibility index (Phi) is 3.85. The number of hydrogen-bond acceptors (Lipinski definition) is 3. The zero-order valence-corrected chi connectivity index (χ0v) is 15.5. The molecule has 0 aliphatic carbocycles. The van der Waals surface area contributed by atoms with E-state index in [1.165, 1.54) is 5.69 Å². The number of fused-ring (bicyclic) bond motifs is 2. The molecule has 2 atom stereocenters. The van der Waals surface area contributed by atoms with E-state index in [1.807, 2.05) is 35.4 Å². The van der Waals surface area contributed by atoms with Gasteiger partial charge in [0.15, 0.2) is 0 Å². The fourth-order valence-corrected chi connectivity index (χ4v) is 4.61. The fourth-order valence-electron chi connectivity index (χ4n) is 4.61. The second-order valence-corrected chi connectivity index (χ2v) is 7.83. The first kappa shape index (κ1) is 16.3. The topological polar surface area (TPSA) is 36.4 Å². The summed E-state index contributed by atoms with van der Waals surface area (Å²) in [5.74, 6) is 1.29. The average Bonchev–Trinajstić information content (AvgIpc) is 3.27. The Morgan fingerprint density at radius 2 is 1.70 bits per heavy atom. The van der Waals surface area contributed by atoms with Gasteiger partial charge in [-0.15, -0.1) is 0 Å². The lowest BCUT2D eigenvalue weighted by atomic mass is 10.0. The van der Waals surface area contributed by atoms with Gasteiger partial charge in [-0.25, -0.2) is 0 Å². The number of rotatable bonds is 2. The summed E-state index contributed by atoms with van der Waals surface area (Å²) in [7, 11) is 0. The number of nitrogens with zero attached hydrogens (tertiary/aromatic N) is 3. The molecule has 2 unspecified atom stereocenters. The van der Waals surface area contributed by atoms with Crippen LogP contribution in [0.5, 0.6) is 0 Å². The third-order valence-corrected chi connectivity index (χ3v) is 6.10. The van der Waals surface area contributed by atoms with Crippen molar-refractivity contribution in [1.29, 1.82) is 0 Å². The molecule has 0 spiro atoms. The molecule has 3 heterocycles. The number of carbonyl (C=O) groups excluding carboxylic acids is 1. The first-order chi connectivity index (χ1) is 13.2. The van der Waals surface area contributed by atoms with E-state index < -0.39 is 0 Å². The first-order valence-electron chi connectivity index (χ1n) is 9.64. The summed E-state index contributed by atoms with van der Waals surface area (Å²) in [6.07, 6.45) is 1.82. The van der Waals surface area contributed by atoms with Gasteiger partial charge in [-0.1, -0.05) is 18.2 Å². The highest BCUT2D eigenvalue weighted by Gasteiger charge is 2.41. The molecule has 27 heavy (non-hydrogen) atoms. The molecule has 0 saturated carbocycles. The maximum atomic E-state index is 13.1. The first-order valence-corrected chi connectivity index (χ1v) is 9.64. The van der Waals surface area contributed by atoms with E-state index >= 15 is 0 Å². The van der Waals surface area contributed by atoms with Crippen molar-refractivity contribution in [2.75, 3.05) is 31.1 Å². The molecule has 2 aromatic carbocycles. The van der Waals surface area contributed by atoms with E-state index in [1.54, 1.807) is 0 Å². The Balaban J connectivity index is 1.32. The third-order valence-electron chi connectivity index (χ3n) is 6.10. The van der Waals surface area contributed by atoms with Gasteiger partial charge >= 0.3 is 0 Å². The number of anilines is 1. The van der Waals surface area contributed by atoms with Crippen LogP contribution < -0.4 is 4.90 Å². The Bertz CT molecular complexity index is 987. The van der Waals surface area contributed by atoms with Crippen LogP contribution in [0.4, 0.5) is 5.69 Å². The number of aryl methyl sites for hydroxylation is 1. The Morgan fingerprint density at radius 1 is 0.963 bits per heavy atom. The number of aromatic nitrogens is 1. The lowest BCUT2D eigenvalue weighted by Gasteiger charge is -2.23. The fraction of sp³-hybridized carbons (Fsp3) is 0.304. The summed E-state index contributed by atoms with van der Waals surface area (Å²) in [6.45, 7) is 5.86. The minimum absolute atomic E-state index is 0.154. The maximum absolute atomic E-state index is 13.1. The molecule has 0 radical (unpaired) electrons. The van der Waals surface area contributed by atoms with Crippen LogP contribution in [-0.2, 0) is 0 Å². The predicted molar refractivity (Wildman–Crippen MR) is 108 cm³/mol. The largest absolute Gasteiger partial charge is 0.371 e. The van der Waals surface area contributed by atoms with Crippen molar-refractivity contribution in [1.82, 2.24) is 9.88 Å². The van der Waals surface area contributed by atoms with E-state index in [0.29, 0.717) is 11.8 Å². The lowest BCUT2D eigenvalue weighted by molar-refractivity contribution is 0.0783. The summed E-state index contributed by atoms with van der Waals surface area (Å²) < 4.78 is 0. The molecule has 2 aliphatic rings. The number of benzene rings is 2. The van der Waals surface area contributed by atoms with E-state index in [0.717, 1.165) is 48.2 Å². The zero-order chi connectivity index (χ0) is 18.4. The molecular formula is C23H23N3O. The molecule has 136 valence electrons. The van der Waals surface area contributed by atoms with Crippen molar-refractivity contribution in [2.24, 2.45) is 11.8 Å². The minimum Gasteiger partial charge on any atom is -0.371 e. The molecule has 3 aromatic rings. The second kappa shape index (κ2) is 6.38. The molecule has 1 aromatic heterocycles. The highest BCUT2D eigenvalue weighted by molar-refractivity contribution is 5.98. The summed E-state index contributed by atoms with van der Waals surface area (Å²) >= 11 is 0. The molecule has 4 heteroatoms. The van der Waals surface area contributed by atoms with Crippen molar-refractivity contribution in [2.45, 2.75) is 6.92 Å². The highest BCUT2D eigenvalue weighted by Crippen LogP contribution is 2.34. The molecule has 4 nitrogen and oxygen atoms in total. The predicted octanol–water partition coefficient (Wildman–Crippen LogP) is 3.75. The van der Waals surface area contributed by atoms with Crippen molar-refractivity contribution in [3.8, 4) is 0 Å². The standard InChI is InChI=1S/C23H23N3O/c1-16-9-10-24-22-8-7-17(11-21(16)22)23(27)26-14-18-12-25(13-19(18)15-26)20-5-3-2-4-6-20/h2-11,18-19H,12-15H2,1H3. The van der Waals surface area contributed by atoms with Gasteiger partial charge in [-0.2, -0.15) is 0 Å². The summed E-state index contributed by atoms with van der Waals surface area (Å²) in [6, 6.07) is 18.5. The van der Waals surface area contributed by atoms with Crippen LogP contribution in [0.1, 0.15) is 15.9 Å². The molecule has 0 N–H and O–H groups in total. The van der Waals surface area contributed by atoms with Crippen LogP contribution in [0, 0.1) is 18.8 Å². The van der Waals surface area contributed by atoms with Crippen LogP contribution in [0.15, 0.2) is 60.8 Å². The smallest absolute Gasteiger partial charge is 0.253 e. The molecule has 0 bridgehead atoms. The van der Waals surface area contributed by atoms with Gasteiger partial charge in [-0.05, 0) is 48.9 Å². The van der Waals surface area contributed by atoms with Gasteiger partial charge < -0.3 is 9.80 Å². The normalized spacial score (nSPS) is 21.7. The Labute approximate surface area is 159 Å². The van der Waals surface area contributed by atoms with Gasteiger partial charge in [0.25, 0.3) is 5.91 Å². The lowest BCUT2D eigenvalue weighted by Crippen LogP contribution is -2.33. The zero-order valence-electron chi connectivity index (χ0n) is 15.5. The number of amides is 1. The quantitative estimate of drug-likeness (QED) is 0.701. The van der Waals surface area contributed by atoms with Crippen molar-refractivity contribution in [3.05, 3.63) is 71.9 Å². The minimum atomic E-state index is 0.154. The molecule has 2 aliphatic heterocycles. The van der Waals surface area contributed by atoms with Crippen molar-refractivity contribution in [3.63, 3.8) is 0 Å². The average molecular weight is 357 g/mol. The monoisotopic (exact) mass is 357 g/mol. The van der Waals surface area contributed by atoms with Gasteiger partial charge in [0, 0.05) is 60.8 Å². The Morgan fingerprint density at radius 3 is 2.44 bits per heavy atom. The van der Waals surface area contributed by atoms with Crippen LogP contribution in [-0.4, -0.2) is 42.0 Å². The van der Waals surface area contributed by atoms with Crippen LogP contribution in [0.2, 0.25) is 0 Å². The van der Waals surface area contributed by atoms with Gasteiger partial charge in [0.2, 0.25) is 0 Å². The van der Waals surface area contributed by atoms with Gasteiger partial charge in [0.05, 0.1) is 5.52 Å². The van der Waals surface area contributed by atoms with Crippen molar-refractivity contribution >= 4 is 22.5 Å². The second-order valence-electron chi connectivity index (χ2n) is 7.83. The van der Waals surface area contributed by atoms with Gasteiger partial charge in [-0.3, -0.25) is 9.78 Å². The summed E-state index contributed by atoms with van der Waals surface area (Å²) in [5.41, 5.74) is 4.18. The Hall–Kier alpha value is -2.88. The molecule has 1 amide bonds. The van der Waals surface area contributed by atoms with E-state index in [9.17, 15) is 4.79 Å². The van der Waals surface area contributed by atoms with Crippen LogP contribution >= 0.6 is 0 Å². The van der Waals surface area contributed by atoms with E-state index in [-0.39, 0.29) is 5.91 Å². The SMILES string of the molecule is Cc1ccnc2ccc(C(=O)N3CC4CN(c5ccccc5)CC4C3)cc12. The molecule has 5 rings (SSSR count). The van der Waals surface area contributed by atoms with E-state index in [2.05, 4.69) is 47.1 Å². The number of carbonyl (C=O) groups is 1. The molecular weight excluding hydrogens is 334 g/mol. The molecule has 2 saturated heterocycles. The maximum Gasteiger partial charge on any atom is 0.253 e. The number of hydrogen-bond donors (Lipinski definition) is 0.